The van der Waals surface area contributed by atoms with Crippen molar-refractivity contribution in [3.63, 3.8) is 0 Å². The molecule has 3 aromatic rings. The number of nitrogens with zero attached hydrogens (tertiary/aromatic N) is 3. The Bertz CT molecular complexity index is 916. The number of carbonyl (C=O) groups excluding carboxylic acids is 1. The summed E-state index contributed by atoms with van der Waals surface area (Å²) in [6.45, 7) is 2.92. The molecule has 0 aliphatic heterocycles. The van der Waals surface area contributed by atoms with Gasteiger partial charge in [0, 0.05) is 24.7 Å². The smallest absolute Gasteiger partial charge is 0.246 e. The molecule has 0 radical (unpaired) electrons. The van der Waals surface area contributed by atoms with Crippen LogP contribution in [-0.4, -0.2) is 40.4 Å². The van der Waals surface area contributed by atoms with Gasteiger partial charge >= 0.3 is 0 Å². The third-order valence-corrected chi connectivity index (χ3v) is 4.83. The third-order valence-electron chi connectivity index (χ3n) is 3.79. The number of para-hydroxylation sites is 1. The van der Waals surface area contributed by atoms with E-state index in [1.165, 1.54) is 17.4 Å². The first-order valence-corrected chi connectivity index (χ1v) is 9.04. The molecule has 0 spiro atoms. The number of benzene rings is 1. The molecular formula is C18H18ClN3O2S. The lowest BCUT2D eigenvalue weighted by molar-refractivity contribution is -0.125. The van der Waals surface area contributed by atoms with Gasteiger partial charge in [-0.2, -0.15) is 0 Å². The van der Waals surface area contributed by atoms with Crippen LogP contribution in [0.2, 0.25) is 5.15 Å². The fourth-order valence-corrected chi connectivity index (χ4v) is 3.33. The van der Waals surface area contributed by atoms with Crippen molar-refractivity contribution in [2.75, 3.05) is 20.2 Å². The van der Waals surface area contributed by atoms with Crippen LogP contribution >= 0.6 is 22.9 Å². The SMILES string of the molecule is Cc1ccccc1OCCN(C)C(=O)/C=C/c1c(Cl)nc2sccn12. The molecule has 0 N–H and O–H groups in total. The number of likely N-dealkylation sites (N-methyl/N-ethyl adjacent to an activating group) is 1. The molecule has 0 bridgehead atoms. The van der Waals surface area contributed by atoms with Crippen LogP contribution in [0.3, 0.4) is 0 Å². The molecule has 0 saturated heterocycles. The van der Waals surface area contributed by atoms with Gasteiger partial charge in [-0.15, -0.1) is 11.3 Å². The largest absolute Gasteiger partial charge is 0.491 e. The molecule has 2 heterocycles. The fourth-order valence-electron chi connectivity index (χ4n) is 2.32. The maximum atomic E-state index is 12.2. The van der Waals surface area contributed by atoms with Gasteiger partial charge in [0.25, 0.3) is 0 Å². The summed E-state index contributed by atoms with van der Waals surface area (Å²) in [7, 11) is 1.74. The van der Waals surface area contributed by atoms with Crippen molar-refractivity contribution >= 4 is 39.9 Å². The van der Waals surface area contributed by atoms with E-state index in [1.807, 2.05) is 47.2 Å². The number of thiazole rings is 1. The average molecular weight is 376 g/mol. The number of aromatic nitrogens is 2. The van der Waals surface area contributed by atoms with Gasteiger partial charge < -0.3 is 9.64 Å². The van der Waals surface area contributed by atoms with Gasteiger partial charge in [-0.05, 0) is 24.6 Å². The maximum absolute atomic E-state index is 12.2. The van der Waals surface area contributed by atoms with Crippen molar-refractivity contribution in [2.45, 2.75) is 6.92 Å². The van der Waals surface area contributed by atoms with Crippen LogP contribution in [0.1, 0.15) is 11.3 Å². The quantitative estimate of drug-likeness (QED) is 0.614. The molecule has 25 heavy (non-hydrogen) atoms. The Morgan fingerprint density at radius 3 is 3.04 bits per heavy atom. The van der Waals surface area contributed by atoms with E-state index in [1.54, 1.807) is 18.0 Å². The summed E-state index contributed by atoms with van der Waals surface area (Å²) in [5, 5.41) is 2.31. The van der Waals surface area contributed by atoms with E-state index in [2.05, 4.69) is 4.98 Å². The molecule has 0 fully saturated rings. The summed E-state index contributed by atoms with van der Waals surface area (Å²) >= 11 is 7.61. The van der Waals surface area contributed by atoms with Gasteiger partial charge in [0.1, 0.15) is 12.4 Å². The van der Waals surface area contributed by atoms with Crippen LogP contribution in [0.5, 0.6) is 5.75 Å². The molecule has 0 saturated carbocycles. The molecule has 5 nitrogen and oxygen atoms in total. The number of fused-ring (bicyclic) bond motifs is 1. The van der Waals surface area contributed by atoms with Crippen LogP contribution in [-0.2, 0) is 4.79 Å². The summed E-state index contributed by atoms with van der Waals surface area (Å²) in [5.41, 5.74) is 1.78. The summed E-state index contributed by atoms with van der Waals surface area (Å²) < 4.78 is 7.58. The minimum atomic E-state index is -0.116. The van der Waals surface area contributed by atoms with Crippen LogP contribution in [0, 0.1) is 6.92 Å². The normalized spacial score (nSPS) is 11.3. The van der Waals surface area contributed by atoms with Crippen LogP contribution in [0.4, 0.5) is 0 Å². The number of hydrogen-bond acceptors (Lipinski definition) is 4. The third kappa shape index (κ3) is 4.03. The second-order valence-corrected chi connectivity index (χ2v) is 6.78. The lowest BCUT2D eigenvalue weighted by Crippen LogP contribution is -2.29. The molecule has 0 aliphatic rings. The summed E-state index contributed by atoms with van der Waals surface area (Å²) in [6, 6.07) is 7.81. The zero-order valence-electron chi connectivity index (χ0n) is 14.0. The summed E-state index contributed by atoms with van der Waals surface area (Å²) in [6.07, 6.45) is 5.07. The highest BCUT2D eigenvalue weighted by atomic mass is 35.5. The van der Waals surface area contributed by atoms with Gasteiger partial charge in [-0.25, -0.2) is 4.98 Å². The van der Waals surface area contributed by atoms with E-state index in [0.717, 1.165) is 16.3 Å². The fraction of sp³-hybridized carbons (Fsp3) is 0.222. The first-order valence-electron chi connectivity index (χ1n) is 7.79. The summed E-state index contributed by atoms with van der Waals surface area (Å²) in [4.78, 5) is 18.9. The van der Waals surface area contributed by atoms with Crippen molar-refractivity contribution in [2.24, 2.45) is 0 Å². The molecule has 2 aromatic heterocycles. The Balaban J connectivity index is 1.56. The predicted molar refractivity (Wildman–Crippen MR) is 101 cm³/mol. The van der Waals surface area contributed by atoms with Gasteiger partial charge in [0.2, 0.25) is 5.91 Å². The van der Waals surface area contributed by atoms with Crippen LogP contribution < -0.4 is 4.74 Å². The standard InChI is InChI=1S/C18H18ClN3O2S/c1-13-5-3-4-6-15(13)24-11-9-21(2)16(23)8-7-14-17(19)20-18-22(14)10-12-25-18/h3-8,10,12H,9,11H2,1-2H3/b8-7+. The topological polar surface area (TPSA) is 46.8 Å². The van der Waals surface area contributed by atoms with Gasteiger partial charge in [-0.3, -0.25) is 9.20 Å². The Morgan fingerprint density at radius 2 is 2.24 bits per heavy atom. The number of halogens is 1. The second-order valence-electron chi connectivity index (χ2n) is 5.55. The van der Waals surface area contributed by atoms with E-state index in [-0.39, 0.29) is 5.91 Å². The number of carbonyl (C=O) groups is 1. The van der Waals surface area contributed by atoms with Crippen LogP contribution in [0.15, 0.2) is 41.9 Å². The lowest BCUT2D eigenvalue weighted by atomic mass is 10.2. The molecule has 1 amide bonds. The molecule has 130 valence electrons. The zero-order valence-corrected chi connectivity index (χ0v) is 15.5. The van der Waals surface area contributed by atoms with Crippen LogP contribution in [0.25, 0.3) is 11.0 Å². The lowest BCUT2D eigenvalue weighted by Gasteiger charge is -2.16. The van der Waals surface area contributed by atoms with E-state index < -0.39 is 0 Å². The van der Waals surface area contributed by atoms with E-state index in [9.17, 15) is 4.79 Å². The van der Waals surface area contributed by atoms with Gasteiger partial charge in [0.05, 0.1) is 12.2 Å². The Kier molecular flexibility index (Phi) is 5.40. The van der Waals surface area contributed by atoms with Gasteiger partial charge in [-0.1, -0.05) is 29.8 Å². The van der Waals surface area contributed by atoms with Crippen molar-refractivity contribution in [1.82, 2.24) is 14.3 Å². The summed E-state index contributed by atoms with van der Waals surface area (Å²) in [5.74, 6) is 0.722. The van der Waals surface area contributed by atoms with Crippen molar-refractivity contribution in [3.8, 4) is 5.75 Å². The molecule has 0 aliphatic carbocycles. The monoisotopic (exact) mass is 375 g/mol. The minimum Gasteiger partial charge on any atom is -0.491 e. The highest BCUT2D eigenvalue weighted by Crippen LogP contribution is 2.22. The molecule has 3 rings (SSSR count). The minimum absolute atomic E-state index is 0.116. The number of hydrogen-bond donors (Lipinski definition) is 0. The maximum Gasteiger partial charge on any atom is 0.246 e. The first-order chi connectivity index (χ1) is 12.1. The second kappa shape index (κ2) is 7.72. The highest BCUT2D eigenvalue weighted by molar-refractivity contribution is 7.15. The predicted octanol–water partition coefficient (Wildman–Crippen LogP) is 3.91. The number of rotatable bonds is 6. The van der Waals surface area contributed by atoms with Crippen molar-refractivity contribution in [1.29, 1.82) is 0 Å². The first kappa shape index (κ1) is 17.5. The Morgan fingerprint density at radius 1 is 1.44 bits per heavy atom. The number of ether oxygens (including phenoxy) is 1. The number of aryl methyl sites for hydroxylation is 1. The Hall–Kier alpha value is -2.31. The number of imidazole rings is 1. The molecule has 7 heteroatoms. The highest BCUT2D eigenvalue weighted by Gasteiger charge is 2.10. The van der Waals surface area contributed by atoms with Crippen molar-refractivity contribution < 1.29 is 9.53 Å². The molecule has 1 aromatic carbocycles. The zero-order chi connectivity index (χ0) is 17.8. The molecular weight excluding hydrogens is 358 g/mol. The van der Waals surface area contributed by atoms with E-state index in [0.29, 0.717) is 24.0 Å². The number of amides is 1. The van der Waals surface area contributed by atoms with E-state index in [4.69, 9.17) is 16.3 Å². The van der Waals surface area contributed by atoms with E-state index >= 15 is 0 Å². The average Bonchev–Trinajstić information content (AvgIpc) is 3.15. The van der Waals surface area contributed by atoms with Crippen molar-refractivity contribution in [3.05, 3.63) is 58.3 Å². The molecule has 0 atom stereocenters. The van der Waals surface area contributed by atoms with Gasteiger partial charge in [0.15, 0.2) is 10.1 Å². The molecule has 0 unspecified atom stereocenters. The Labute approximate surface area is 155 Å².